The molecule has 0 aliphatic carbocycles. The Morgan fingerprint density at radius 1 is 0.759 bits per heavy atom. The molecule has 0 atom stereocenters. The smallest absolute Gasteiger partial charge is 0.741 e. The van der Waals surface area contributed by atoms with Crippen LogP contribution >= 0.6 is 0 Å². The number of nitrogens with one attached hydrogen (secondary N) is 2. The molecule has 0 amide bonds. The first-order valence-electron chi connectivity index (χ1n) is 8.21. The number of hydrogen-bond donors (Lipinski definition) is 2. The fourth-order valence-electron chi connectivity index (χ4n) is 2.09. The molecule has 2 aromatic rings. The second-order valence-electron chi connectivity index (χ2n) is 5.31. The fourth-order valence-corrected chi connectivity index (χ4v) is 2.17. The number of amidine groups is 2. The van der Waals surface area contributed by atoms with Crippen molar-refractivity contribution in [1.82, 2.24) is 10.6 Å². The van der Waals surface area contributed by atoms with Gasteiger partial charge in [-0.3, -0.25) is 4.79 Å². The molecule has 0 heterocycles. The molecule has 153 valence electrons. The quantitative estimate of drug-likeness (QED) is 0.167. The zero-order valence-corrected chi connectivity index (χ0v) is 18.2. The van der Waals surface area contributed by atoms with Gasteiger partial charge < -0.3 is 35.9 Å². The van der Waals surface area contributed by atoms with Gasteiger partial charge in [0.15, 0.2) is 0 Å². The normalized spacial score (nSPS) is 12.8. The predicted octanol–water partition coefficient (Wildman–Crippen LogP) is 1.85. The Bertz CT molecular complexity index is 927. The van der Waals surface area contributed by atoms with Crippen molar-refractivity contribution in [2.75, 3.05) is 14.1 Å². The SMILES string of the molecule is CNC([S-])=NN=C(C(=NN=C([S-])NC)c1ccc(C=O)cc1)c1ccccc1.[Cu+2]. The Morgan fingerprint density at radius 2 is 1.21 bits per heavy atom. The van der Waals surface area contributed by atoms with Gasteiger partial charge in [0, 0.05) is 30.8 Å². The molecule has 0 spiro atoms. The van der Waals surface area contributed by atoms with Crippen molar-refractivity contribution >= 4 is 53.3 Å². The third kappa shape index (κ3) is 7.35. The minimum atomic E-state index is 0. The average Bonchev–Trinajstić information content (AvgIpc) is 2.76. The van der Waals surface area contributed by atoms with Crippen molar-refractivity contribution < 1.29 is 21.9 Å². The van der Waals surface area contributed by atoms with Crippen LogP contribution in [0.2, 0.25) is 0 Å². The third-order valence-corrected chi connectivity index (χ3v) is 4.07. The molecule has 0 unspecified atom stereocenters. The van der Waals surface area contributed by atoms with Gasteiger partial charge in [0.05, 0.1) is 0 Å². The minimum absolute atomic E-state index is 0. The molecule has 0 saturated heterocycles. The van der Waals surface area contributed by atoms with Gasteiger partial charge in [-0.1, -0.05) is 54.6 Å². The molecule has 2 aromatic carbocycles. The molecule has 1 radical (unpaired) electrons. The molecule has 0 saturated carbocycles. The maximum Gasteiger partial charge on any atom is 2.00 e. The summed E-state index contributed by atoms with van der Waals surface area (Å²) in [5.74, 6) is 0. The molecule has 0 fully saturated rings. The number of carbonyl (C=O) groups excluding carboxylic acids is 1. The molecule has 0 aromatic heterocycles. The summed E-state index contributed by atoms with van der Waals surface area (Å²) in [5.41, 5.74) is 2.91. The average molecular weight is 474 g/mol. The van der Waals surface area contributed by atoms with Crippen molar-refractivity contribution in [2.45, 2.75) is 0 Å². The number of aldehydes is 1. The Hall–Kier alpha value is -2.65. The Balaban J connectivity index is 0.00000420. The first kappa shape index (κ1) is 24.4. The number of rotatable bonds is 6. The molecule has 0 aliphatic rings. The van der Waals surface area contributed by atoms with Gasteiger partial charge in [0.25, 0.3) is 0 Å². The van der Waals surface area contributed by atoms with E-state index in [4.69, 9.17) is 25.3 Å². The summed E-state index contributed by atoms with van der Waals surface area (Å²) >= 11 is 10.1. The monoisotopic (exact) mass is 473 g/mol. The van der Waals surface area contributed by atoms with Gasteiger partial charge in [-0.15, -0.1) is 10.2 Å². The van der Waals surface area contributed by atoms with E-state index in [0.717, 1.165) is 11.8 Å². The summed E-state index contributed by atoms with van der Waals surface area (Å²) in [6, 6.07) is 16.3. The standard InChI is InChI=1S/C19H20N6OS2.Cu/c1-20-18(27)24-22-16(14-6-4-3-5-7-14)17(23-25-19(28)21-2)15-10-8-13(12-26)9-11-15;/h3-12H,1-2H3,(H2,20,24,27)(H2,21,25,28);/q;+2/p-2. The first-order valence-corrected chi connectivity index (χ1v) is 9.03. The van der Waals surface area contributed by atoms with E-state index in [2.05, 4.69) is 31.0 Å². The Labute approximate surface area is 191 Å². The molecule has 2 N–H and O–H groups in total. The van der Waals surface area contributed by atoms with Crippen molar-refractivity contribution in [3.63, 3.8) is 0 Å². The summed E-state index contributed by atoms with van der Waals surface area (Å²) < 4.78 is 0. The summed E-state index contributed by atoms with van der Waals surface area (Å²) in [6.45, 7) is 0. The zero-order chi connectivity index (χ0) is 20.4. The first-order chi connectivity index (χ1) is 13.6. The maximum atomic E-state index is 11.0. The van der Waals surface area contributed by atoms with E-state index in [9.17, 15) is 4.79 Å². The van der Waals surface area contributed by atoms with E-state index in [1.807, 2.05) is 30.3 Å². The van der Waals surface area contributed by atoms with Gasteiger partial charge in [-0.25, -0.2) is 0 Å². The van der Waals surface area contributed by atoms with Gasteiger partial charge in [-0.05, 0) is 10.3 Å². The Kier molecular flexibility index (Phi) is 10.7. The third-order valence-electron chi connectivity index (χ3n) is 3.50. The molecule has 10 heteroatoms. The van der Waals surface area contributed by atoms with Crippen molar-refractivity contribution in [3.05, 3.63) is 71.3 Å². The van der Waals surface area contributed by atoms with Crippen LogP contribution in [0.15, 0.2) is 75.0 Å². The van der Waals surface area contributed by atoms with Crippen LogP contribution in [-0.2, 0) is 42.3 Å². The van der Waals surface area contributed by atoms with Crippen LogP contribution in [0, 0.1) is 0 Å². The maximum absolute atomic E-state index is 11.0. The van der Waals surface area contributed by atoms with Crippen LogP contribution in [0.4, 0.5) is 0 Å². The van der Waals surface area contributed by atoms with Crippen molar-refractivity contribution in [3.8, 4) is 0 Å². The zero-order valence-electron chi connectivity index (χ0n) is 15.6. The van der Waals surface area contributed by atoms with Crippen LogP contribution in [0.1, 0.15) is 21.5 Å². The molecular formula is C19H18CuN6OS2. The van der Waals surface area contributed by atoms with E-state index in [-0.39, 0.29) is 27.4 Å². The van der Waals surface area contributed by atoms with Gasteiger partial charge >= 0.3 is 17.1 Å². The topological polar surface area (TPSA) is 90.6 Å². The van der Waals surface area contributed by atoms with Crippen LogP contribution in [-0.4, -0.2) is 42.1 Å². The minimum Gasteiger partial charge on any atom is -0.741 e. The Morgan fingerprint density at radius 3 is 1.62 bits per heavy atom. The molecule has 0 aliphatic heterocycles. The number of benzene rings is 2. The van der Waals surface area contributed by atoms with Gasteiger partial charge in [0.1, 0.15) is 17.7 Å². The van der Waals surface area contributed by atoms with Crippen LogP contribution in [0.25, 0.3) is 0 Å². The number of carbonyl (C=O) groups is 1. The summed E-state index contributed by atoms with van der Waals surface area (Å²) in [7, 11) is 3.32. The van der Waals surface area contributed by atoms with E-state index >= 15 is 0 Å². The van der Waals surface area contributed by atoms with Crippen LogP contribution < -0.4 is 10.6 Å². The molecule has 29 heavy (non-hydrogen) atoms. The second kappa shape index (κ2) is 12.7. The largest absolute Gasteiger partial charge is 2.00 e. The predicted molar refractivity (Wildman–Crippen MR) is 119 cm³/mol. The van der Waals surface area contributed by atoms with E-state index in [1.54, 1.807) is 38.4 Å². The summed E-state index contributed by atoms with van der Waals surface area (Å²) in [5, 5.41) is 22.6. The summed E-state index contributed by atoms with van der Waals surface area (Å²) in [6.07, 6.45) is 0.772. The van der Waals surface area contributed by atoms with Gasteiger partial charge in [-0.2, -0.15) is 10.2 Å². The van der Waals surface area contributed by atoms with Crippen LogP contribution in [0.3, 0.4) is 0 Å². The molecule has 2 rings (SSSR count). The second-order valence-corrected chi connectivity index (χ2v) is 6.09. The van der Waals surface area contributed by atoms with E-state index < -0.39 is 0 Å². The molecule has 0 bridgehead atoms. The van der Waals surface area contributed by atoms with Crippen molar-refractivity contribution in [1.29, 1.82) is 0 Å². The van der Waals surface area contributed by atoms with E-state index in [1.165, 1.54) is 0 Å². The molecular weight excluding hydrogens is 456 g/mol. The number of hydrogen-bond acceptors (Lipinski definition) is 7. The van der Waals surface area contributed by atoms with Crippen LogP contribution in [0.5, 0.6) is 0 Å². The number of nitrogens with zero attached hydrogens (tertiary/aromatic N) is 4. The van der Waals surface area contributed by atoms with Crippen molar-refractivity contribution in [2.24, 2.45) is 20.4 Å². The summed E-state index contributed by atoms with van der Waals surface area (Å²) in [4.78, 5) is 11.0. The fraction of sp³-hybridized carbons (Fsp3) is 0.105. The van der Waals surface area contributed by atoms with Gasteiger partial charge in [0.2, 0.25) is 0 Å². The van der Waals surface area contributed by atoms with E-state index in [0.29, 0.717) is 22.6 Å². The molecule has 7 nitrogen and oxygen atoms in total.